The molecule has 1 fully saturated rings. The topological polar surface area (TPSA) is 262 Å². The SMILES string of the molecule is CC(=O)OC[C@H]1OC(OCc2cn(CCOCCNC(=O)CCC(=O)c3cc(C)c(OCc4ccc([N+](=O)[O-])cc4)c(C)c3)nn2)[C@H](OC(C)=O)[C@@H](OC(C)=O)[C@@H]1OC(C)=O. The molecule has 1 unspecified atom stereocenters. The van der Waals surface area contributed by atoms with Crippen molar-refractivity contribution in [1.82, 2.24) is 20.3 Å². The summed E-state index contributed by atoms with van der Waals surface area (Å²) in [5, 5.41) is 21.7. The number of rotatable bonds is 22. The van der Waals surface area contributed by atoms with Gasteiger partial charge in [0.25, 0.3) is 5.69 Å². The molecule has 0 spiro atoms. The van der Waals surface area contributed by atoms with E-state index in [4.69, 9.17) is 37.9 Å². The number of non-ortho nitro benzene ring substituents is 1. The molecule has 0 saturated carbocycles. The van der Waals surface area contributed by atoms with Crippen LogP contribution in [-0.2, 0) is 76.9 Å². The maximum absolute atomic E-state index is 12.9. The van der Waals surface area contributed by atoms with Crippen LogP contribution in [0.1, 0.15) is 73.3 Å². The summed E-state index contributed by atoms with van der Waals surface area (Å²) < 4.78 is 46.1. The number of nitro benzene ring substituents is 1. The summed E-state index contributed by atoms with van der Waals surface area (Å²) in [4.78, 5) is 83.4. The number of nitrogens with zero attached hydrogens (tertiary/aromatic N) is 4. The molecule has 21 heteroatoms. The van der Waals surface area contributed by atoms with Crippen molar-refractivity contribution < 1.29 is 71.6 Å². The quantitative estimate of drug-likeness (QED) is 0.0380. The average molecular weight is 856 g/mol. The van der Waals surface area contributed by atoms with Gasteiger partial charge in [0.1, 0.15) is 30.8 Å². The Morgan fingerprint density at radius 2 is 1.48 bits per heavy atom. The van der Waals surface area contributed by atoms with E-state index in [1.54, 1.807) is 30.5 Å². The number of carbonyl (C=O) groups excluding carboxylic acids is 6. The highest BCUT2D eigenvalue weighted by atomic mass is 16.7. The Labute approximate surface area is 350 Å². The minimum Gasteiger partial charge on any atom is -0.488 e. The molecule has 1 aromatic heterocycles. The lowest BCUT2D eigenvalue weighted by atomic mass is 9.98. The number of hydrogen-bond donors (Lipinski definition) is 1. The highest BCUT2D eigenvalue weighted by Crippen LogP contribution is 2.31. The maximum atomic E-state index is 12.9. The van der Waals surface area contributed by atoms with E-state index >= 15 is 0 Å². The second-order valence-corrected chi connectivity index (χ2v) is 13.9. The van der Waals surface area contributed by atoms with E-state index in [9.17, 15) is 38.9 Å². The van der Waals surface area contributed by atoms with Gasteiger partial charge in [-0.1, -0.05) is 5.21 Å². The van der Waals surface area contributed by atoms with Gasteiger partial charge in [0.15, 0.2) is 30.4 Å². The van der Waals surface area contributed by atoms with Crippen LogP contribution in [0.25, 0.3) is 0 Å². The number of nitro groups is 1. The smallest absolute Gasteiger partial charge is 0.303 e. The lowest BCUT2D eigenvalue weighted by molar-refractivity contribution is -0.384. The van der Waals surface area contributed by atoms with E-state index < -0.39 is 66.1 Å². The molecule has 5 atom stereocenters. The number of hydrogen-bond acceptors (Lipinski definition) is 18. The van der Waals surface area contributed by atoms with Crippen molar-refractivity contribution in [3.63, 3.8) is 0 Å². The van der Waals surface area contributed by atoms with Gasteiger partial charge in [-0.3, -0.25) is 38.9 Å². The molecule has 2 heterocycles. The van der Waals surface area contributed by atoms with Crippen molar-refractivity contribution in [3.8, 4) is 5.75 Å². The van der Waals surface area contributed by atoms with Gasteiger partial charge in [-0.05, 0) is 54.8 Å². The van der Waals surface area contributed by atoms with Crippen LogP contribution in [0.15, 0.2) is 42.6 Å². The van der Waals surface area contributed by atoms with Gasteiger partial charge in [0, 0.05) is 64.8 Å². The molecular formula is C40H49N5O16. The summed E-state index contributed by atoms with van der Waals surface area (Å²) in [6.45, 7) is 8.62. The highest BCUT2D eigenvalue weighted by Gasteiger charge is 2.52. The van der Waals surface area contributed by atoms with Crippen molar-refractivity contribution in [2.45, 2.75) is 105 Å². The molecule has 1 saturated heterocycles. The summed E-state index contributed by atoms with van der Waals surface area (Å²) >= 11 is 0. The maximum Gasteiger partial charge on any atom is 0.303 e. The van der Waals surface area contributed by atoms with Gasteiger partial charge in [-0.15, -0.1) is 5.10 Å². The van der Waals surface area contributed by atoms with Crippen LogP contribution in [0, 0.1) is 24.0 Å². The van der Waals surface area contributed by atoms with Gasteiger partial charge < -0.3 is 43.2 Å². The molecule has 3 aromatic rings. The van der Waals surface area contributed by atoms with Crippen LogP contribution in [0.3, 0.4) is 0 Å². The number of benzene rings is 2. The van der Waals surface area contributed by atoms with Crippen LogP contribution in [0.4, 0.5) is 5.69 Å². The summed E-state index contributed by atoms with van der Waals surface area (Å²) in [5.41, 5.74) is 3.02. The monoisotopic (exact) mass is 855 g/mol. The first-order chi connectivity index (χ1) is 29.0. The molecule has 2 aromatic carbocycles. The molecular weight excluding hydrogens is 806 g/mol. The fourth-order valence-corrected chi connectivity index (χ4v) is 6.20. The lowest BCUT2D eigenvalue weighted by Crippen LogP contribution is -2.62. The molecule has 4 rings (SSSR count). The number of aromatic nitrogens is 3. The molecule has 0 bridgehead atoms. The van der Waals surface area contributed by atoms with Crippen LogP contribution in [-0.4, -0.2) is 113 Å². The zero-order chi connectivity index (χ0) is 44.6. The van der Waals surface area contributed by atoms with E-state index in [0.29, 0.717) is 17.0 Å². The number of Topliss-reactive ketones (excluding diaryl/α,β-unsaturated/α-hetero) is 1. The Morgan fingerprint density at radius 1 is 0.836 bits per heavy atom. The van der Waals surface area contributed by atoms with E-state index in [1.807, 2.05) is 13.8 Å². The van der Waals surface area contributed by atoms with Crippen molar-refractivity contribution >= 4 is 41.3 Å². The molecule has 1 amide bonds. The summed E-state index contributed by atoms with van der Waals surface area (Å²) in [7, 11) is 0. The minimum atomic E-state index is -1.39. The van der Waals surface area contributed by atoms with Gasteiger partial charge in [0.05, 0.1) is 37.5 Å². The Kier molecular flexibility index (Phi) is 17.8. The van der Waals surface area contributed by atoms with E-state index in [1.165, 1.54) is 23.7 Å². The Hall–Kier alpha value is -6.32. The third-order valence-corrected chi connectivity index (χ3v) is 8.85. The third kappa shape index (κ3) is 15.0. The molecule has 1 N–H and O–H groups in total. The van der Waals surface area contributed by atoms with Crippen LogP contribution < -0.4 is 10.1 Å². The molecule has 1 aliphatic rings. The van der Waals surface area contributed by atoms with Crippen molar-refractivity contribution in [1.29, 1.82) is 0 Å². The molecule has 0 radical (unpaired) electrons. The number of ether oxygens (including phenoxy) is 8. The number of aryl methyl sites for hydroxylation is 2. The minimum absolute atomic E-state index is 0.000627. The van der Waals surface area contributed by atoms with E-state index in [-0.39, 0.29) is 69.7 Å². The van der Waals surface area contributed by atoms with Gasteiger partial charge in [0.2, 0.25) is 5.91 Å². The Balaban J connectivity index is 1.19. The molecule has 0 aliphatic carbocycles. The van der Waals surface area contributed by atoms with Gasteiger partial charge >= 0.3 is 23.9 Å². The van der Waals surface area contributed by atoms with Crippen molar-refractivity contribution in [3.05, 3.63) is 80.7 Å². The summed E-state index contributed by atoms with van der Waals surface area (Å²) in [5.74, 6) is -2.86. The zero-order valence-electron chi connectivity index (χ0n) is 34.6. The average Bonchev–Trinajstić information content (AvgIpc) is 3.65. The zero-order valence-corrected chi connectivity index (χ0v) is 34.6. The number of ketones is 1. The predicted octanol–water partition coefficient (Wildman–Crippen LogP) is 2.78. The largest absolute Gasteiger partial charge is 0.488 e. The molecule has 21 nitrogen and oxygen atoms in total. The predicted molar refractivity (Wildman–Crippen MR) is 208 cm³/mol. The normalized spacial score (nSPS) is 18.4. The standard InChI is InChI=1S/C40H49N5O16/c1-23-17-30(18-24(2)36(23)56-20-29-7-9-32(10-8-29)45(52)53)33(50)11-12-35(51)41-13-15-54-16-14-44-19-31(42-43-44)21-57-40-39(60-28(6)49)38(59-27(5)48)37(58-26(4)47)34(61-40)22-55-25(3)46/h7-10,17-19,34,37-40H,11-16,20-22H2,1-6H3,(H,41,51)/t34-,37-,38+,39-,40?/m1/s1. The molecule has 61 heavy (non-hydrogen) atoms. The number of amides is 1. The fourth-order valence-electron chi connectivity index (χ4n) is 6.20. The first kappa shape index (κ1) is 47.4. The van der Waals surface area contributed by atoms with Gasteiger partial charge in [-0.2, -0.15) is 0 Å². The number of nitrogens with one attached hydrogen (secondary N) is 1. The summed E-state index contributed by atoms with van der Waals surface area (Å²) in [6.07, 6.45) is -5.09. The van der Waals surface area contributed by atoms with Crippen molar-refractivity contribution in [2.24, 2.45) is 0 Å². The molecule has 330 valence electrons. The second-order valence-electron chi connectivity index (χ2n) is 13.9. The Bertz CT molecular complexity index is 2010. The summed E-state index contributed by atoms with van der Waals surface area (Å²) in [6, 6.07) is 9.48. The highest BCUT2D eigenvalue weighted by molar-refractivity contribution is 5.98. The molecule has 1 aliphatic heterocycles. The van der Waals surface area contributed by atoms with Gasteiger partial charge in [-0.25, -0.2) is 4.68 Å². The second kappa shape index (κ2) is 22.9. The van der Waals surface area contributed by atoms with Crippen LogP contribution in [0.2, 0.25) is 0 Å². The first-order valence-electron chi connectivity index (χ1n) is 19.2. The number of esters is 4. The van der Waals surface area contributed by atoms with Crippen molar-refractivity contribution in [2.75, 3.05) is 26.4 Å². The third-order valence-electron chi connectivity index (χ3n) is 8.85. The lowest BCUT2D eigenvalue weighted by Gasteiger charge is -2.43. The van der Waals surface area contributed by atoms with E-state index in [0.717, 1.165) is 37.5 Å². The van der Waals surface area contributed by atoms with Crippen LogP contribution in [0.5, 0.6) is 5.75 Å². The van der Waals surface area contributed by atoms with Crippen LogP contribution >= 0.6 is 0 Å². The number of carbonyl (C=O) groups is 6. The Morgan fingerprint density at radius 3 is 2.10 bits per heavy atom. The fraction of sp³-hybridized carbons (Fsp3) is 0.500. The van der Waals surface area contributed by atoms with E-state index in [2.05, 4.69) is 15.6 Å². The first-order valence-corrected chi connectivity index (χ1v) is 19.2.